The fourth-order valence-electron chi connectivity index (χ4n) is 1.33. The van der Waals surface area contributed by atoms with Crippen molar-refractivity contribution in [1.29, 1.82) is 0 Å². The first kappa shape index (κ1) is 17.4. The molecule has 18 heavy (non-hydrogen) atoms. The molecule has 0 heterocycles. The summed E-state index contributed by atoms with van der Waals surface area (Å²) in [7, 11) is 3.29. The van der Waals surface area contributed by atoms with Crippen LogP contribution < -0.4 is 0 Å². The third kappa shape index (κ3) is 9.39. The van der Waals surface area contributed by atoms with Crippen LogP contribution >= 0.6 is 0 Å². The van der Waals surface area contributed by atoms with Crippen molar-refractivity contribution < 1.29 is 19.0 Å². The second-order valence-electron chi connectivity index (χ2n) is 5.12. The molecular formula is C13H27NO4. The van der Waals surface area contributed by atoms with Crippen LogP contribution in [-0.2, 0) is 19.0 Å². The van der Waals surface area contributed by atoms with Crippen LogP contribution in [0.25, 0.3) is 0 Å². The number of nitrogens with zero attached hydrogens (tertiary/aromatic N) is 1. The Kier molecular flexibility index (Phi) is 8.97. The van der Waals surface area contributed by atoms with E-state index in [1.54, 1.807) is 19.1 Å². The molecule has 0 aromatic rings. The van der Waals surface area contributed by atoms with Crippen LogP contribution in [0.5, 0.6) is 0 Å². The van der Waals surface area contributed by atoms with Crippen molar-refractivity contribution in [1.82, 2.24) is 4.90 Å². The third-order valence-electron chi connectivity index (χ3n) is 2.32. The van der Waals surface area contributed by atoms with E-state index in [1.807, 2.05) is 20.8 Å². The van der Waals surface area contributed by atoms with Crippen molar-refractivity contribution in [2.75, 3.05) is 47.1 Å². The Morgan fingerprint density at radius 2 is 1.67 bits per heavy atom. The summed E-state index contributed by atoms with van der Waals surface area (Å²) in [5.41, 5.74) is -0.297. The van der Waals surface area contributed by atoms with Gasteiger partial charge in [-0.25, -0.2) is 0 Å². The first-order chi connectivity index (χ1) is 8.40. The Labute approximate surface area is 110 Å². The predicted octanol–water partition coefficient (Wildman–Crippen LogP) is 1.31. The molecule has 0 rings (SSSR count). The molecule has 0 saturated carbocycles. The highest BCUT2D eigenvalue weighted by Crippen LogP contribution is 2.07. The van der Waals surface area contributed by atoms with E-state index in [2.05, 4.69) is 0 Å². The predicted molar refractivity (Wildman–Crippen MR) is 70.7 cm³/mol. The molecule has 0 unspecified atom stereocenters. The van der Waals surface area contributed by atoms with Gasteiger partial charge in [-0.05, 0) is 27.2 Å². The molecule has 0 aliphatic rings. The van der Waals surface area contributed by atoms with Crippen LogP contribution in [0, 0.1) is 0 Å². The number of amides is 1. The van der Waals surface area contributed by atoms with Gasteiger partial charge in [-0.3, -0.25) is 4.79 Å². The van der Waals surface area contributed by atoms with Gasteiger partial charge < -0.3 is 19.1 Å². The lowest BCUT2D eigenvalue weighted by atomic mass is 10.2. The normalized spacial score (nSPS) is 11.6. The molecule has 0 fully saturated rings. The van der Waals surface area contributed by atoms with E-state index in [1.165, 1.54) is 0 Å². The average molecular weight is 261 g/mol. The summed E-state index contributed by atoms with van der Waals surface area (Å²) in [6.45, 7) is 8.36. The largest absolute Gasteiger partial charge is 0.385 e. The van der Waals surface area contributed by atoms with Gasteiger partial charge in [0.05, 0.1) is 12.2 Å². The first-order valence-electron chi connectivity index (χ1n) is 6.30. The smallest absolute Gasteiger partial charge is 0.248 e. The third-order valence-corrected chi connectivity index (χ3v) is 2.32. The zero-order valence-electron chi connectivity index (χ0n) is 12.3. The standard InChI is InChI=1S/C13H27NO4/c1-13(2,3)18-11-12(15)14(8-10-17-5)7-6-9-16-4/h6-11H2,1-5H3. The Bertz CT molecular complexity index is 226. The van der Waals surface area contributed by atoms with Crippen LogP contribution in [0.3, 0.4) is 0 Å². The molecule has 0 aromatic carbocycles. The maximum absolute atomic E-state index is 12.0. The first-order valence-corrected chi connectivity index (χ1v) is 6.30. The van der Waals surface area contributed by atoms with Crippen molar-refractivity contribution in [2.45, 2.75) is 32.8 Å². The Balaban J connectivity index is 4.12. The molecule has 5 nitrogen and oxygen atoms in total. The summed E-state index contributed by atoms with van der Waals surface area (Å²) in [6, 6.07) is 0. The van der Waals surface area contributed by atoms with Gasteiger partial charge in [-0.15, -0.1) is 0 Å². The Morgan fingerprint density at radius 3 is 2.17 bits per heavy atom. The van der Waals surface area contributed by atoms with Crippen molar-refractivity contribution >= 4 is 5.91 Å². The maximum atomic E-state index is 12.0. The zero-order chi connectivity index (χ0) is 14.0. The van der Waals surface area contributed by atoms with Gasteiger partial charge in [0.15, 0.2) is 0 Å². The number of hydrogen-bond donors (Lipinski definition) is 0. The highest BCUT2D eigenvalue weighted by Gasteiger charge is 2.17. The quantitative estimate of drug-likeness (QED) is 0.587. The molecule has 0 aliphatic carbocycles. The van der Waals surface area contributed by atoms with E-state index in [0.29, 0.717) is 26.3 Å². The molecule has 0 atom stereocenters. The molecule has 0 radical (unpaired) electrons. The minimum Gasteiger partial charge on any atom is -0.385 e. The number of ether oxygens (including phenoxy) is 3. The summed E-state index contributed by atoms with van der Waals surface area (Å²) in [6.07, 6.45) is 0.821. The molecule has 0 bridgehead atoms. The van der Waals surface area contributed by atoms with E-state index in [-0.39, 0.29) is 18.1 Å². The Morgan fingerprint density at radius 1 is 1.06 bits per heavy atom. The molecule has 0 N–H and O–H groups in total. The van der Waals surface area contributed by atoms with Gasteiger partial charge >= 0.3 is 0 Å². The van der Waals surface area contributed by atoms with Gasteiger partial charge in [-0.2, -0.15) is 0 Å². The molecule has 5 heteroatoms. The van der Waals surface area contributed by atoms with E-state index in [4.69, 9.17) is 14.2 Å². The fraction of sp³-hybridized carbons (Fsp3) is 0.923. The highest BCUT2D eigenvalue weighted by atomic mass is 16.5. The minimum absolute atomic E-state index is 0.00178. The summed E-state index contributed by atoms with van der Waals surface area (Å²) in [5.74, 6) is -0.00178. The van der Waals surface area contributed by atoms with Gasteiger partial charge in [-0.1, -0.05) is 0 Å². The topological polar surface area (TPSA) is 48.0 Å². The fourth-order valence-corrected chi connectivity index (χ4v) is 1.33. The van der Waals surface area contributed by atoms with Gasteiger partial charge in [0, 0.05) is 33.9 Å². The summed E-state index contributed by atoms with van der Waals surface area (Å²) < 4.78 is 15.5. The van der Waals surface area contributed by atoms with Crippen LogP contribution in [0.1, 0.15) is 27.2 Å². The number of carbonyl (C=O) groups is 1. The molecule has 0 saturated heterocycles. The average Bonchev–Trinajstić information content (AvgIpc) is 2.29. The SMILES string of the molecule is COCCCN(CCOC)C(=O)COC(C)(C)C. The summed E-state index contributed by atoms with van der Waals surface area (Å²) >= 11 is 0. The lowest BCUT2D eigenvalue weighted by molar-refractivity contribution is -0.141. The van der Waals surface area contributed by atoms with Crippen molar-refractivity contribution in [2.24, 2.45) is 0 Å². The van der Waals surface area contributed by atoms with Gasteiger partial charge in [0.2, 0.25) is 5.91 Å². The van der Waals surface area contributed by atoms with Crippen LogP contribution in [0.4, 0.5) is 0 Å². The monoisotopic (exact) mass is 261 g/mol. The van der Waals surface area contributed by atoms with Crippen molar-refractivity contribution in [3.05, 3.63) is 0 Å². The Hall–Kier alpha value is -0.650. The lowest BCUT2D eigenvalue weighted by Gasteiger charge is -2.25. The minimum atomic E-state index is -0.297. The van der Waals surface area contributed by atoms with Crippen LogP contribution in [-0.4, -0.2) is 63.5 Å². The zero-order valence-corrected chi connectivity index (χ0v) is 12.3. The van der Waals surface area contributed by atoms with Crippen molar-refractivity contribution in [3.63, 3.8) is 0 Å². The molecular weight excluding hydrogens is 234 g/mol. The van der Waals surface area contributed by atoms with E-state index in [0.717, 1.165) is 6.42 Å². The van der Waals surface area contributed by atoms with Gasteiger partial charge in [0.25, 0.3) is 0 Å². The lowest BCUT2D eigenvalue weighted by Crippen LogP contribution is -2.39. The van der Waals surface area contributed by atoms with E-state index in [9.17, 15) is 4.79 Å². The number of methoxy groups -OCH3 is 2. The summed E-state index contributed by atoms with van der Waals surface area (Å²) in [4.78, 5) is 13.8. The number of rotatable bonds is 9. The number of hydrogen-bond acceptors (Lipinski definition) is 4. The van der Waals surface area contributed by atoms with E-state index >= 15 is 0 Å². The summed E-state index contributed by atoms with van der Waals surface area (Å²) in [5, 5.41) is 0. The molecule has 1 amide bonds. The van der Waals surface area contributed by atoms with Crippen LogP contribution in [0.15, 0.2) is 0 Å². The second kappa shape index (κ2) is 9.30. The maximum Gasteiger partial charge on any atom is 0.248 e. The van der Waals surface area contributed by atoms with E-state index < -0.39 is 0 Å². The molecule has 0 aromatic heterocycles. The molecule has 0 aliphatic heterocycles. The second-order valence-corrected chi connectivity index (χ2v) is 5.12. The van der Waals surface area contributed by atoms with Crippen molar-refractivity contribution in [3.8, 4) is 0 Å². The number of carbonyl (C=O) groups excluding carboxylic acids is 1. The van der Waals surface area contributed by atoms with Gasteiger partial charge in [0.1, 0.15) is 6.61 Å². The highest BCUT2D eigenvalue weighted by molar-refractivity contribution is 5.77. The van der Waals surface area contributed by atoms with Crippen LogP contribution in [0.2, 0.25) is 0 Å². The molecule has 108 valence electrons. The molecule has 0 spiro atoms.